The van der Waals surface area contributed by atoms with Crippen LogP contribution in [0.15, 0.2) is 0 Å². The molecule has 0 aromatic carbocycles. The minimum atomic E-state index is 0.823. The highest BCUT2D eigenvalue weighted by Gasteiger charge is 2.17. The van der Waals surface area contributed by atoms with E-state index < -0.39 is 0 Å². The molecule has 1 aromatic rings. The number of nitriles is 1. The average Bonchev–Trinajstić information content (AvgIpc) is 2.79. The molecule has 0 N–H and O–H groups in total. The Balaban J connectivity index is 1.90. The Hall–Kier alpha value is -0.920. The summed E-state index contributed by atoms with van der Waals surface area (Å²) in [4.78, 5) is 8.01. The van der Waals surface area contributed by atoms with Crippen LogP contribution in [0, 0.1) is 17.2 Å². The molecule has 0 radical (unpaired) electrons. The third-order valence-electron chi connectivity index (χ3n) is 3.71. The van der Waals surface area contributed by atoms with Gasteiger partial charge in [-0.2, -0.15) is 5.26 Å². The number of nitrogens with zero attached hydrogens (tertiary/aromatic N) is 3. The normalized spacial score (nSPS) is 20.4. The van der Waals surface area contributed by atoms with E-state index in [-0.39, 0.29) is 0 Å². The first-order valence-electron chi connectivity index (χ1n) is 7.34. The van der Waals surface area contributed by atoms with Gasteiger partial charge in [0.05, 0.1) is 10.7 Å². The van der Waals surface area contributed by atoms with Gasteiger partial charge in [0.25, 0.3) is 0 Å². The molecule has 104 valence electrons. The summed E-state index contributed by atoms with van der Waals surface area (Å²) in [5.41, 5.74) is 1.01. The van der Waals surface area contributed by atoms with Crippen molar-refractivity contribution < 1.29 is 0 Å². The molecule has 0 spiro atoms. The van der Waals surface area contributed by atoms with E-state index in [4.69, 9.17) is 5.26 Å². The molecule has 3 nitrogen and oxygen atoms in total. The second-order valence-corrected chi connectivity index (χ2v) is 6.63. The van der Waals surface area contributed by atoms with Gasteiger partial charge in [-0.15, -0.1) is 11.3 Å². The molecule has 1 atom stereocenters. The van der Waals surface area contributed by atoms with Gasteiger partial charge in [-0.25, -0.2) is 4.98 Å². The lowest BCUT2D eigenvalue weighted by Gasteiger charge is -2.30. The Morgan fingerprint density at radius 2 is 2.32 bits per heavy atom. The van der Waals surface area contributed by atoms with Crippen molar-refractivity contribution in [2.45, 2.75) is 46.0 Å². The highest BCUT2D eigenvalue weighted by Crippen LogP contribution is 2.21. The number of rotatable bonds is 5. The van der Waals surface area contributed by atoms with Crippen LogP contribution in [0.1, 0.15) is 48.7 Å². The zero-order chi connectivity index (χ0) is 13.7. The fourth-order valence-electron chi connectivity index (χ4n) is 2.74. The summed E-state index contributed by atoms with van der Waals surface area (Å²) >= 11 is 1.59. The van der Waals surface area contributed by atoms with Gasteiger partial charge in [-0.3, -0.25) is 0 Å². The SMILES string of the molecule is CCCc1nc(CCN2CCCC(C)C2)sc1C#N. The van der Waals surface area contributed by atoms with Crippen LogP contribution >= 0.6 is 11.3 Å². The Labute approximate surface area is 120 Å². The largest absolute Gasteiger partial charge is 0.303 e. The first kappa shape index (κ1) is 14.5. The fourth-order valence-corrected chi connectivity index (χ4v) is 3.64. The second-order valence-electron chi connectivity index (χ2n) is 5.54. The topological polar surface area (TPSA) is 39.9 Å². The molecule has 0 bridgehead atoms. The molecule has 1 saturated heterocycles. The molecule has 2 rings (SSSR count). The van der Waals surface area contributed by atoms with Crippen molar-refractivity contribution in [1.82, 2.24) is 9.88 Å². The predicted octanol–water partition coefficient (Wildman–Crippen LogP) is 3.24. The quantitative estimate of drug-likeness (QED) is 0.829. The van der Waals surface area contributed by atoms with E-state index in [2.05, 4.69) is 29.8 Å². The van der Waals surface area contributed by atoms with E-state index in [1.165, 1.54) is 25.9 Å². The monoisotopic (exact) mass is 277 g/mol. The van der Waals surface area contributed by atoms with Crippen LogP contribution in [-0.4, -0.2) is 29.5 Å². The lowest BCUT2D eigenvalue weighted by atomic mass is 10.0. The third-order valence-corrected chi connectivity index (χ3v) is 4.78. The number of piperidine rings is 1. The van der Waals surface area contributed by atoms with Gasteiger partial charge in [0.15, 0.2) is 0 Å². The van der Waals surface area contributed by atoms with Crippen molar-refractivity contribution in [2.24, 2.45) is 5.92 Å². The van der Waals surface area contributed by atoms with Crippen LogP contribution < -0.4 is 0 Å². The number of hydrogen-bond acceptors (Lipinski definition) is 4. The van der Waals surface area contributed by atoms with E-state index >= 15 is 0 Å². The number of aryl methyl sites for hydroxylation is 1. The van der Waals surface area contributed by atoms with Crippen molar-refractivity contribution in [3.05, 3.63) is 15.6 Å². The van der Waals surface area contributed by atoms with Crippen molar-refractivity contribution in [3.8, 4) is 6.07 Å². The molecule has 2 heterocycles. The number of thiazole rings is 1. The first-order chi connectivity index (χ1) is 9.22. The van der Waals surface area contributed by atoms with E-state index in [1.54, 1.807) is 11.3 Å². The van der Waals surface area contributed by atoms with Crippen LogP contribution in [0.2, 0.25) is 0 Å². The molecule has 1 aliphatic rings. The smallest absolute Gasteiger partial charge is 0.128 e. The zero-order valence-corrected chi connectivity index (χ0v) is 12.8. The van der Waals surface area contributed by atoms with Crippen LogP contribution in [0.3, 0.4) is 0 Å². The third kappa shape index (κ3) is 4.02. The minimum Gasteiger partial charge on any atom is -0.303 e. The molecule has 19 heavy (non-hydrogen) atoms. The molecule has 0 amide bonds. The van der Waals surface area contributed by atoms with Gasteiger partial charge >= 0.3 is 0 Å². The zero-order valence-electron chi connectivity index (χ0n) is 12.0. The molecule has 4 heteroatoms. The highest BCUT2D eigenvalue weighted by atomic mass is 32.1. The predicted molar refractivity (Wildman–Crippen MR) is 79.4 cm³/mol. The van der Waals surface area contributed by atoms with Crippen LogP contribution in [0.25, 0.3) is 0 Å². The minimum absolute atomic E-state index is 0.823. The van der Waals surface area contributed by atoms with Crippen LogP contribution in [-0.2, 0) is 12.8 Å². The summed E-state index contributed by atoms with van der Waals surface area (Å²) in [6, 6.07) is 2.29. The molecule has 0 saturated carbocycles. The molecule has 1 unspecified atom stereocenters. The van der Waals surface area contributed by atoms with E-state index in [0.29, 0.717) is 0 Å². The van der Waals surface area contributed by atoms with Crippen LogP contribution in [0.4, 0.5) is 0 Å². The van der Waals surface area contributed by atoms with Gasteiger partial charge < -0.3 is 4.90 Å². The molecule has 1 aliphatic heterocycles. The molecule has 1 aromatic heterocycles. The van der Waals surface area contributed by atoms with E-state index in [0.717, 1.165) is 47.3 Å². The van der Waals surface area contributed by atoms with Gasteiger partial charge in [-0.05, 0) is 31.7 Å². The summed E-state index contributed by atoms with van der Waals surface area (Å²) in [7, 11) is 0. The molecule has 1 fully saturated rings. The molecule has 0 aliphatic carbocycles. The Morgan fingerprint density at radius 1 is 1.47 bits per heavy atom. The first-order valence-corrected chi connectivity index (χ1v) is 8.15. The van der Waals surface area contributed by atoms with Gasteiger partial charge in [0.2, 0.25) is 0 Å². The maximum absolute atomic E-state index is 9.12. The van der Waals surface area contributed by atoms with Crippen LogP contribution in [0.5, 0.6) is 0 Å². The lowest BCUT2D eigenvalue weighted by Crippen LogP contribution is -2.35. The average molecular weight is 277 g/mol. The van der Waals surface area contributed by atoms with Gasteiger partial charge in [0, 0.05) is 19.5 Å². The van der Waals surface area contributed by atoms with Crippen molar-refractivity contribution in [3.63, 3.8) is 0 Å². The summed E-state index contributed by atoms with van der Waals surface area (Å²) < 4.78 is 0. The van der Waals surface area contributed by atoms with Crippen molar-refractivity contribution in [1.29, 1.82) is 5.26 Å². The number of hydrogen-bond donors (Lipinski definition) is 0. The second kappa shape index (κ2) is 7.02. The summed E-state index contributed by atoms with van der Waals surface area (Å²) in [6.45, 7) is 8.01. The van der Waals surface area contributed by atoms with Gasteiger partial charge in [-0.1, -0.05) is 20.3 Å². The fraction of sp³-hybridized carbons (Fsp3) is 0.733. The van der Waals surface area contributed by atoms with E-state index in [1.807, 2.05) is 0 Å². The number of likely N-dealkylation sites (tertiary alicyclic amines) is 1. The Bertz CT molecular complexity index is 447. The van der Waals surface area contributed by atoms with Gasteiger partial charge in [0.1, 0.15) is 10.9 Å². The maximum atomic E-state index is 9.12. The maximum Gasteiger partial charge on any atom is 0.128 e. The molecular formula is C15H23N3S. The summed E-state index contributed by atoms with van der Waals surface area (Å²) in [5, 5.41) is 10.3. The van der Waals surface area contributed by atoms with Crippen molar-refractivity contribution in [2.75, 3.05) is 19.6 Å². The standard InChI is InChI=1S/C15H23N3S/c1-3-5-13-14(10-16)19-15(17-13)7-9-18-8-4-6-12(2)11-18/h12H,3-9,11H2,1-2H3. The molecular weight excluding hydrogens is 254 g/mol. The van der Waals surface area contributed by atoms with Crippen molar-refractivity contribution >= 4 is 11.3 Å². The number of aromatic nitrogens is 1. The summed E-state index contributed by atoms with van der Waals surface area (Å²) in [5.74, 6) is 0.829. The lowest BCUT2D eigenvalue weighted by molar-refractivity contribution is 0.186. The Kier molecular flexibility index (Phi) is 5.35. The summed E-state index contributed by atoms with van der Waals surface area (Å²) in [6.07, 6.45) is 5.67. The van der Waals surface area contributed by atoms with E-state index in [9.17, 15) is 0 Å². The highest BCUT2D eigenvalue weighted by molar-refractivity contribution is 7.12. The Morgan fingerprint density at radius 3 is 3.00 bits per heavy atom.